The van der Waals surface area contributed by atoms with E-state index < -0.39 is 18.4 Å². The summed E-state index contributed by atoms with van der Waals surface area (Å²) in [5.74, 6) is 1.07. The Bertz CT molecular complexity index is 1410. The van der Waals surface area contributed by atoms with Gasteiger partial charge in [0.15, 0.2) is 11.5 Å². The van der Waals surface area contributed by atoms with Crippen molar-refractivity contribution < 1.29 is 29.8 Å². The molecule has 0 spiro atoms. The topological polar surface area (TPSA) is 156 Å². The Morgan fingerprint density at radius 3 is 2.67 bits per heavy atom. The largest absolute Gasteiger partial charge is 0.504 e. The van der Waals surface area contributed by atoms with Crippen LogP contribution in [0.15, 0.2) is 70.5 Å². The molecule has 3 unspecified atom stereocenters. The highest BCUT2D eigenvalue weighted by atomic mass is 16.5. The van der Waals surface area contributed by atoms with Gasteiger partial charge in [-0.3, -0.25) is 14.7 Å². The summed E-state index contributed by atoms with van der Waals surface area (Å²) in [5, 5.41) is 31.2. The van der Waals surface area contributed by atoms with Crippen molar-refractivity contribution in [3.8, 4) is 11.5 Å². The van der Waals surface area contributed by atoms with Crippen LogP contribution in [0.2, 0.25) is 0 Å². The number of rotatable bonds is 16. The second-order valence-corrected chi connectivity index (χ2v) is 13.0. The van der Waals surface area contributed by atoms with Crippen LogP contribution in [0.1, 0.15) is 87.1 Å². The predicted molar refractivity (Wildman–Crippen MR) is 175 cm³/mol. The number of hydrogen-bond donors (Lipinski definition) is 6. The van der Waals surface area contributed by atoms with Crippen LogP contribution >= 0.6 is 0 Å². The van der Waals surface area contributed by atoms with Gasteiger partial charge in [0.2, 0.25) is 6.73 Å². The van der Waals surface area contributed by atoms with Crippen molar-refractivity contribution in [3.63, 3.8) is 0 Å². The molecule has 9 nitrogen and oxygen atoms in total. The highest BCUT2D eigenvalue weighted by Crippen LogP contribution is 2.30. The Kier molecular flexibility index (Phi) is 11.6. The average molecular weight is 618 g/mol. The smallest absolute Gasteiger partial charge is 0.227 e. The molecule has 1 saturated carbocycles. The van der Waals surface area contributed by atoms with E-state index in [9.17, 15) is 20.1 Å². The normalized spacial score (nSPS) is 19.6. The maximum absolute atomic E-state index is 12.6. The Labute approximate surface area is 266 Å². The van der Waals surface area contributed by atoms with E-state index in [1.165, 1.54) is 37.7 Å². The summed E-state index contributed by atoms with van der Waals surface area (Å²) in [7, 11) is 0. The van der Waals surface area contributed by atoms with E-state index >= 15 is 0 Å². The van der Waals surface area contributed by atoms with Crippen LogP contribution in [-0.4, -0.2) is 52.8 Å². The number of aliphatic imine (C=N–C) groups is 1. The number of aromatic hydroxyl groups is 1. The maximum atomic E-state index is 12.6. The number of benzene rings is 2. The van der Waals surface area contributed by atoms with Crippen LogP contribution in [-0.2, 0) is 17.6 Å². The molecule has 2 aromatic rings. The first-order valence-corrected chi connectivity index (χ1v) is 16.5. The summed E-state index contributed by atoms with van der Waals surface area (Å²) in [5.41, 5.74) is 17.9. The fraction of sp³-hybridized carbons (Fsp3) is 0.500. The van der Waals surface area contributed by atoms with Gasteiger partial charge in [-0.25, -0.2) is 0 Å². The zero-order valence-electron chi connectivity index (χ0n) is 26.2. The molecule has 8 N–H and O–H groups in total. The zero-order chi connectivity index (χ0) is 31.8. The SMILES string of the molecule is NC(N)c1cccc(CC2=C3C[NH+](COc4cc(CCC(=O)CC(O)CC(O)CCC5CCCCC5)ccc4O)C=C3N=C2)c1. The van der Waals surface area contributed by atoms with Crippen molar-refractivity contribution in [2.75, 3.05) is 13.3 Å². The molecular formula is C36H49N4O5+. The number of phenols is 1. The van der Waals surface area contributed by atoms with E-state index in [1.54, 1.807) is 18.2 Å². The molecule has 0 radical (unpaired) electrons. The quantitative estimate of drug-likeness (QED) is 0.158. The van der Waals surface area contributed by atoms with Gasteiger partial charge in [0, 0.05) is 24.6 Å². The monoisotopic (exact) mass is 617 g/mol. The number of phenolic OH excluding ortho intramolecular Hbond substituents is 1. The first-order valence-electron chi connectivity index (χ1n) is 16.5. The minimum atomic E-state index is -0.830. The van der Waals surface area contributed by atoms with Gasteiger partial charge >= 0.3 is 0 Å². The predicted octanol–water partition coefficient (Wildman–Crippen LogP) is 3.37. The number of ether oxygens (including phenoxy) is 1. The van der Waals surface area contributed by atoms with Crippen molar-refractivity contribution in [2.45, 2.75) is 95.4 Å². The van der Waals surface area contributed by atoms with Gasteiger partial charge in [0.1, 0.15) is 24.2 Å². The fourth-order valence-electron chi connectivity index (χ4n) is 6.71. The van der Waals surface area contributed by atoms with Crippen LogP contribution in [0.5, 0.6) is 11.5 Å². The van der Waals surface area contributed by atoms with E-state index in [4.69, 9.17) is 16.2 Å². The summed E-state index contributed by atoms with van der Waals surface area (Å²) < 4.78 is 6.02. The van der Waals surface area contributed by atoms with Crippen LogP contribution < -0.4 is 21.1 Å². The number of carbonyl (C=O) groups is 1. The number of aryl methyl sites for hydroxylation is 1. The second kappa shape index (κ2) is 15.8. The van der Waals surface area contributed by atoms with Crippen LogP contribution in [0.4, 0.5) is 0 Å². The van der Waals surface area contributed by atoms with E-state index in [-0.39, 0.29) is 30.8 Å². The summed E-state index contributed by atoms with van der Waals surface area (Å²) >= 11 is 0. The van der Waals surface area contributed by atoms with Gasteiger partial charge in [-0.2, -0.15) is 0 Å². The van der Waals surface area contributed by atoms with Crippen molar-refractivity contribution >= 4 is 12.0 Å². The summed E-state index contributed by atoms with van der Waals surface area (Å²) in [6.45, 7) is 1.05. The van der Waals surface area contributed by atoms with Crippen LogP contribution in [0, 0.1) is 5.92 Å². The standard InChI is InChI=1S/C36H48N4O5/c37-36(38)27-8-4-7-26(15-27)16-28-20-39-33-22-40(21-32(28)33)23-45-35-17-25(11-14-34(35)44)10-13-30(42)19-31(43)18-29(41)12-9-24-5-2-1-3-6-24/h4,7-8,11,14-15,17,20,22,24,29,31,36,41,43-44H,1-3,5-6,9-10,12-13,16,18-19,21,23,37-38H2/p+1. The number of aliphatic hydroxyl groups is 2. The van der Waals surface area contributed by atoms with Crippen LogP contribution in [0.3, 0.4) is 0 Å². The average Bonchev–Trinajstić information content (AvgIpc) is 3.60. The number of quaternary nitrogens is 1. The summed E-state index contributed by atoms with van der Waals surface area (Å²) in [6, 6.07) is 13.1. The highest BCUT2D eigenvalue weighted by Gasteiger charge is 2.29. The van der Waals surface area contributed by atoms with Gasteiger partial charge < -0.3 is 31.5 Å². The first kappa shape index (κ1) is 33.0. The molecule has 45 heavy (non-hydrogen) atoms. The van der Waals surface area contributed by atoms with E-state index in [2.05, 4.69) is 11.1 Å². The number of nitrogens with zero attached hydrogens (tertiary/aromatic N) is 1. The highest BCUT2D eigenvalue weighted by molar-refractivity contribution is 5.87. The van der Waals surface area contributed by atoms with Crippen molar-refractivity contribution in [3.05, 3.63) is 82.2 Å². The minimum absolute atomic E-state index is 0.0422. The lowest BCUT2D eigenvalue weighted by Crippen LogP contribution is -3.07. The van der Waals surface area contributed by atoms with Crippen molar-refractivity contribution in [2.24, 2.45) is 22.4 Å². The molecule has 1 fully saturated rings. The number of allylic oxidation sites excluding steroid dienone is 1. The first-order chi connectivity index (χ1) is 21.7. The molecule has 1 aliphatic carbocycles. The second-order valence-electron chi connectivity index (χ2n) is 13.0. The molecule has 0 aromatic heterocycles. The zero-order valence-corrected chi connectivity index (χ0v) is 26.2. The van der Waals surface area contributed by atoms with Gasteiger partial charge in [-0.15, -0.1) is 0 Å². The molecular weight excluding hydrogens is 568 g/mol. The minimum Gasteiger partial charge on any atom is -0.504 e. The number of ketones is 1. The number of fused-ring (bicyclic) bond motifs is 1. The van der Waals surface area contributed by atoms with Gasteiger partial charge in [-0.1, -0.05) is 62.4 Å². The third kappa shape index (κ3) is 9.58. The molecule has 0 bridgehead atoms. The molecule has 9 heteroatoms. The third-order valence-corrected chi connectivity index (χ3v) is 9.30. The molecule has 2 aromatic carbocycles. The van der Waals surface area contributed by atoms with Gasteiger partial charge in [0.05, 0.1) is 18.4 Å². The maximum Gasteiger partial charge on any atom is 0.227 e. The van der Waals surface area contributed by atoms with Crippen molar-refractivity contribution in [1.29, 1.82) is 0 Å². The summed E-state index contributed by atoms with van der Waals surface area (Å²) in [6.07, 6.45) is 11.9. The molecule has 3 atom stereocenters. The number of carbonyl (C=O) groups excluding carboxylic acids is 1. The van der Waals surface area contributed by atoms with Gasteiger partial charge in [0.25, 0.3) is 0 Å². The molecule has 242 valence electrons. The third-order valence-electron chi connectivity index (χ3n) is 9.30. The lowest BCUT2D eigenvalue weighted by molar-refractivity contribution is -0.855. The van der Waals surface area contributed by atoms with E-state index in [0.29, 0.717) is 31.2 Å². The van der Waals surface area contributed by atoms with Gasteiger partial charge in [-0.05, 0) is 72.4 Å². The van der Waals surface area contributed by atoms with Crippen LogP contribution in [0.25, 0.3) is 0 Å². The number of Topliss-reactive ketones (excluding diaryl/α,β-unsaturated/α-hetero) is 1. The molecule has 0 saturated heterocycles. The lowest BCUT2D eigenvalue weighted by Gasteiger charge is -2.23. The summed E-state index contributed by atoms with van der Waals surface area (Å²) in [4.78, 5) is 18.3. The van der Waals surface area contributed by atoms with Crippen molar-refractivity contribution in [1.82, 2.24) is 0 Å². The Morgan fingerprint density at radius 1 is 1.04 bits per heavy atom. The number of nitrogens with one attached hydrogen (secondary N) is 1. The van der Waals surface area contributed by atoms with E-state index in [1.807, 2.05) is 30.6 Å². The molecule has 0 amide bonds. The Hall–Kier alpha value is -3.34. The fourth-order valence-corrected chi connectivity index (χ4v) is 6.71. The van der Waals surface area contributed by atoms with E-state index in [0.717, 1.165) is 52.2 Å². The molecule has 2 aliphatic heterocycles. The number of hydrogen-bond acceptors (Lipinski definition) is 8. The lowest BCUT2D eigenvalue weighted by atomic mass is 9.85. The molecule has 2 heterocycles. The Balaban J connectivity index is 1.06. The number of nitrogens with two attached hydrogens (primary N) is 2. The Morgan fingerprint density at radius 2 is 1.87 bits per heavy atom. The molecule has 5 rings (SSSR count). The number of aliphatic hydroxyl groups excluding tert-OH is 2. The molecule has 3 aliphatic rings.